The van der Waals surface area contributed by atoms with Gasteiger partial charge in [-0.3, -0.25) is 9.88 Å². The van der Waals surface area contributed by atoms with Gasteiger partial charge >= 0.3 is 0 Å². The number of pyridine rings is 1. The van der Waals surface area contributed by atoms with E-state index in [0.717, 1.165) is 17.7 Å². The van der Waals surface area contributed by atoms with Crippen molar-refractivity contribution in [1.29, 1.82) is 0 Å². The van der Waals surface area contributed by atoms with Crippen LogP contribution >= 0.6 is 0 Å². The lowest BCUT2D eigenvalue weighted by atomic mass is 10.0. The van der Waals surface area contributed by atoms with E-state index in [-0.39, 0.29) is 11.5 Å². The Kier molecular flexibility index (Phi) is 4.67. The van der Waals surface area contributed by atoms with Gasteiger partial charge in [-0.1, -0.05) is 0 Å². The molecule has 0 aliphatic carbocycles. The molecule has 2 aromatic carbocycles. The molecule has 5 rings (SSSR count). The maximum absolute atomic E-state index is 11.6. The maximum atomic E-state index is 11.6. The standard InChI is InChI=1S/C23H25N3O3S/c1-16-19-5-6-24-15-17(19)13-21-20-14-18(3-4-22(20)25(2)23(16)21)29-10-7-26-8-11-30(27,28)12-9-26/h3-6,13-15H,7-12H2,1-2H3. The highest BCUT2D eigenvalue weighted by molar-refractivity contribution is 7.91. The zero-order chi connectivity index (χ0) is 20.9. The van der Waals surface area contributed by atoms with Crippen LogP contribution in [0.4, 0.5) is 0 Å². The van der Waals surface area contributed by atoms with Gasteiger partial charge in [0.15, 0.2) is 9.84 Å². The smallest absolute Gasteiger partial charge is 0.152 e. The highest BCUT2D eigenvalue weighted by Crippen LogP contribution is 2.36. The zero-order valence-corrected chi connectivity index (χ0v) is 18.1. The second kappa shape index (κ2) is 7.25. The summed E-state index contributed by atoms with van der Waals surface area (Å²) in [6.45, 7) is 4.63. The van der Waals surface area contributed by atoms with Crippen LogP contribution in [0.15, 0.2) is 42.7 Å². The van der Waals surface area contributed by atoms with Crippen molar-refractivity contribution in [3.8, 4) is 5.75 Å². The van der Waals surface area contributed by atoms with E-state index >= 15 is 0 Å². The highest BCUT2D eigenvalue weighted by Gasteiger charge is 2.21. The average molecular weight is 424 g/mol. The second-order valence-corrected chi connectivity index (χ2v) is 10.4. The molecule has 0 N–H and O–H groups in total. The second-order valence-electron chi connectivity index (χ2n) is 8.07. The van der Waals surface area contributed by atoms with Crippen LogP contribution in [0.5, 0.6) is 5.75 Å². The Hall–Kier alpha value is -2.64. The molecular weight excluding hydrogens is 398 g/mol. The lowest BCUT2D eigenvalue weighted by molar-refractivity contribution is 0.220. The molecule has 2 aromatic heterocycles. The number of aryl methyl sites for hydroxylation is 2. The number of hydrogen-bond acceptors (Lipinski definition) is 5. The molecule has 1 aliphatic rings. The first-order chi connectivity index (χ1) is 14.4. The Bertz CT molecular complexity index is 1360. The minimum Gasteiger partial charge on any atom is -0.492 e. The summed E-state index contributed by atoms with van der Waals surface area (Å²) in [6, 6.07) is 10.5. The summed E-state index contributed by atoms with van der Waals surface area (Å²) >= 11 is 0. The topological polar surface area (TPSA) is 64.4 Å². The fourth-order valence-electron chi connectivity index (χ4n) is 4.55. The number of fused-ring (bicyclic) bond motifs is 4. The zero-order valence-electron chi connectivity index (χ0n) is 17.3. The van der Waals surface area contributed by atoms with Crippen molar-refractivity contribution >= 4 is 42.4 Å². The Labute approximate surface area is 176 Å². The molecule has 0 unspecified atom stereocenters. The van der Waals surface area contributed by atoms with E-state index in [4.69, 9.17) is 4.74 Å². The number of benzene rings is 2. The molecule has 1 saturated heterocycles. The molecule has 6 nitrogen and oxygen atoms in total. The summed E-state index contributed by atoms with van der Waals surface area (Å²) in [5, 5.41) is 4.74. The van der Waals surface area contributed by atoms with Crippen molar-refractivity contribution in [1.82, 2.24) is 14.5 Å². The van der Waals surface area contributed by atoms with Gasteiger partial charge in [0, 0.05) is 60.8 Å². The van der Waals surface area contributed by atoms with E-state index in [2.05, 4.69) is 52.7 Å². The summed E-state index contributed by atoms with van der Waals surface area (Å²) < 4.78 is 31.4. The maximum Gasteiger partial charge on any atom is 0.152 e. The largest absolute Gasteiger partial charge is 0.492 e. The van der Waals surface area contributed by atoms with Gasteiger partial charge in [0.2, 0.25) is 0 Å². The molecule has 156 valence electrons. The minimum atomic E-state index is -2.84. The number of ether oxygens (including phenoxy) is 1. The lowest BCUT2D eigenvalue weighted by Gasteiger charge is -2.26. The quantitative estimate of drug-likeness (QED) is 0.504. The van der Waals surface area contributed by atoms with E-state index in [1.165, 1.54) is 32.8 Å². The predicted molar refractivity (Wildman–Crippen MR) is 121 cm³/mol. The van der Waals surface area contributed by atoms with Gasteiger partial charge in [-0.05, 0) is 48.2 Å². The first-order valence-corrected chi connectivity index (χ1v) is 12.1. The first-order valence-electron chi connectivity index (χ1n) is 10.2. The Morgan fingerprint density at radius 1 is 1.07 bits per heavy atom. The molecule has 1 aliphatic heterocycles. The predicted octanol–water partition coefficient (Wildman–Crippen LogP) is 3.30. The molecule has 30 heavy (non-hydrogen) atoms. The third-order valence-electron chi connectivity index (χ3n) is 6.23. The minimum absolute atomic E-state index is 0.247. The van der Waals surface area contributed by atoms with E-state index in [9.17, 15) is 8.42 Å². The number of nitrogens with zero attached hydrogens (tertiary/aromatic N) is 3. The molecule has 0 amide bonds. The van der Waals surface area contributed by atoms with Crippen LogP contribution in [0, 0.1) is 6.92 Å². The Morgan fingerprint density at radius 3 is 2.67 bits per heavy atom. The van der Waals surface area contributed by atoms with Gasteiger partial charge in [-0.2, -0.15) is 0 Å². The molecule has 0 saturated carbocycles. The molecule has 4 aromatic rings. The Morgan fingerprint density at radius 2 is 1.87 bits per heavy atom. The average Bonchev–Trinajstić information content (AvgIpc) is 3.01. The third kappa shape index (κ3) is 3.32. The van der Waals surface area contributed by atoms with Crippen molar-refractivity contribution < 1.29 is 13.2 Å². The molecule has 0 bridgehead atoms. The molecule has 7 heteroatoms. The molecule has 3 heterocycles. The van der Waals surface area contributed by atoms with E-state index < -0.39 is 9.84 Å². The van der Waals surface area contributed by atoms with Crippen molar-refractivity contribution in [3.63, 3.8) is 0 Å². The Balaban J connectivity index is 1.43. The van der Waals surface area contributed by atoms with Crippen molar-refractivity contribution in [2.75, 3.05) is 37.7 Å². The van der Waals surface area contributed by atoms with E-state index in [1.54, 1.807) is 0 Å². The molecule has 0 spiro atoms. The lowest BCUT2D eigenvalue weighted by Crippen LogP contribution is -2.42. The third-order valence-corrected chi connectivity index (χ3v) is 7.84. The van der Waals surface area contributed by atoms with Crippen LogP contribution in [0.2, 0.25) is 0 Å². The van der Waals surface area contributed by atoms with E-state index in [1.807, 2.05) is 18.5 Å². The normalized spacial score (nSPS) is 17.1. The van der Waals surface area contributed by atoms with Gasteiger partial charge in [-0.15, -0.1) is 0 Å². The van der Waals surface area contributed by atoms with Gasteiger partial charge in [0.05, 0.1) is 17.0 Å². The highest BCUT2D eigenvalue weighted by atomic mass is 32.2. The summed E-state index contributed by atoms with van der Waals surface area (Å²) in [4.78, 5) is 6.44. The van der Waals surface area contributed by atoms with Crippen molar-refractivity contribution in [2.24, 2.45) is 7.05 Å². The number of rotatable bonds is 4. The van der Waals surface area contributed by atoms with E-state index in [0.29, 0.717) is 19.7 Å². The van der Waals surface area contributed by atoms with Gasteiger partial charge in [0.1, 0.15) is 12.4 Å². The first kappa shape index (κ1) is 19.3. The molecular formula is C23H25N3O3S. The van der Waals surface area contributed by atoms with Crippen LogP contribution in [0.25, 0.3) is 32.6 Å². The number of sulfone groups is 1. The fraction of sp³-hybridized carbons (Fsp3) is 0.348. The molecule has 0 radical (unpaired) electrons. The summed E-state index contributed by atoms with van der Waals surface area (Å²) in [5.41, 5.74) is 3.66. The van der Waals surface area contributed by atoms with Crippen LogP contribution in [0.3, 0.4) is 0 Å². The van der Waals surface area contributed by atoms with Gasteiger partial charge in [-0.25, -0.2) is 8.42 Å². The number of hydrogen-bond donors (Lipinski definition) is 0. The molecule has 0 atom stereocenters. The van der Waals surface area contributed by atoms with Gasteiger partial charge < -0.3 is 9.30 Å². The SMILES string of the molecule is Cc1c2ccncc2cc2c3cc(OCCN4CCS(=O)(=O)CC4)ccc3n(C)c12. The van der Waals surface area contributed by atoms with Crippen LogP contribution in [0.1, 0.15) is 5.56 Å². The van der Waals surface area contributed by atoms with Crippen molar-refractivity contribution in [2.45, 2.75) is 6.92 Å². The number of aromatic nitrogens is 2. The monoisotopic (exact) mass is 423 g/mol. The summed E-state index contributed by atoms with van der Waals surface area (Å²) in [5.74, 6) is 1.33. The van der Waals surface area contributed by atoms with Gasteiger partial charge in [0.25, 0.3) is 0 Å². The van der Waals surface area contributed by atoms with Crippen LogP contribution in [-0.2, 0) is 16.9 Å². The van der Waals surface area contributed by atoms with Crippen LogP contribution < -0.4 is 4.74 Å². The van der Waals surface area contributed by atoms with Crippen molar-refractivity contribution in [3.05, 3.63) is 48.3 Å². The summed E-state index contributed by atoms with van der Waals surface area (Å²) in [6.07, 6.45) is 3.76. The molecule has 1 fully saturated rings. The summed E-state index contributed by atoms with van der Waals surface area (Å²) in [7, 11) is -0.737. The van der Waals surface area contributed by atoms with Crippen LogP contribution in [-0.4, -0.2) is 60.6 Å². The fourth-order valence-corrected chi connectivity index (χ4v) is 5.83.